The van der Waals surface area contributed by atoms with Crippen molar-refractivity contribution in [3.8, 4) is 0 Å². The smallest absolute Gasteiger partial charge is 0.0409 e. The average molecular weight is 257 g/mol. The van der Waals surface area contributed by atoms with Crippen LogP contribution in [0.25, 0.3) is 0 Å². The fourth-order valence-corrected chi connectivity index (χ4v) is 3.92. The third kappa shape index (κ3) is 2.58. The van der Waals surface area contributed by atoms with Gasteiger partial charge in [-0.15, -0.1) is 0 Å². The summed E-state index contributed by atoms with van der Waals surface area (Å²) in [4.78, 5) is 0. The molecule has 0 aliphatic heterocycles. The quantitative estimate of drug-likeness (QED) is 0.816. The minimum Gasteiger partial charge on any atom is -0.321 e. The van der Waals surface area contributed by atoms with Gasteiger partial charge in [0.15, 0.2) is 0 Å². The maximum atomic E-state index is 6.40. The van der Waals surface area contributed by atoms with Crippen LogP contribution in [0.2, 0.25) is 0 Å². The van der Waals surface area contributed by atoms with Gasteiger partial charge in [0.05, 0.1) is 0 Å². The molecule has 1 atom stereocenters. The van der Waals surface area contributed by atoms with Crippen LogP contribution in [-0.2, 0) is 5.54 Å². The van der Waals surface area contributed by atoms with Crippen molar-refractivity contribution in [2.75, 3.05) is 0 Å². The monoisotopic (exact) mass is 257 g/mol. The molecular weight excluding hydrogens is 230 g/mol. The van der Waals surface area contributed by atoms with Crippen molar-refractivity contribution in [3.63, 3.8) is 0 Å². The highest BCUT2D eigenvalue weighted by atomic mass is 14.8. The molecule has 104 valence electrons. The van der Waals surface area contributed by atoms with Crippen LogP contribution in [0.1, 0.15) is 75.8 Å². The lowest BCUT2D eigenvalue weighted by Crippen LogP contribution is -2.43. The molecule has 2 fully saturated rings. The van der Waals surface area contributed by atoms with Crippen molar-refractivity contribution in [1.29, 1.82) is 0 Å². The first-order valence-corrected chi connectivity index (χ1v) is 7.88. The van der Waals surface area contributed by atoms with E-state index in [9.17, 15) is 0 Å². The number of rotatable bonds is 2. The van der Waals surface area contributed by atoms with E-state index in [-0.39, 0.29) is 5.54 Å². The number of hydrogen-bond acceptors (Lipinski definition) is 1. The van der Waals surface area contributed by atoms with Gasteiger partial charge in [-0.25, -0.2) is 0 Å². The van der Waals surface area contributed by atoms with Crippen molar-refractivity contribution >= 4 is 0 Å². The second-order valence-electron chi connectivity index (χ2n) is 7.59. The third-order valence-electron chi connectivity index (χ3n) is 5.41. The number of benzene rings is 1. The first-order chi connectivity index (χ1) is 8.99. The molecule has 1 aromatic carbocycles. The average Bonchev–Trinajstić information content (AvgIpc) is 2.35. The van der Waals surface area contributed by atoms with Crippen LogP contribution in [-0.4, -0.2) is 0 Å². The molecule has 0 saturated heterocycles. The van der Waals surface area contributed by atoms with Crippen molar-refractivity contribution in [1.82, 2.24) is 0 Å². The van der Waals surface area contributed by atoms with E-state index in [1.54, 1.807) is 0 Å². The lowest BCUT2D eigenvalue weighted by molar-refractivity contribution is 0.219. The van der Waals surface area contributed by atoms with Crippen LogP contribution >= 0.6 is 0 Å². The van der Waals surface area contributed by atoms with Crippen molar-refractivity contribution in [2.45, 2.75) is 70.3 Å². The minimum absolute atomic E-state index is 0.00956. The fraction of sp³-hybridized carbons (Fsp3) is 0.667. The zero-order chi connectivity index (χ0) is 13.5. The van der Waals surface area contributed by atoms with Gasteiger partial charge in [0.2, 0.25) is 0 Å². The van der Waals surface area contributed by atoms with E-state index < -0.39 is 0 Å². The van der Waals surface area contributed by atoms with Crippen LogP contribution in [0.4, 0.5) is 0 Å². The Morgan fingerprint density at radius 3 is 2.21 bits per heavy atom. The molecule has 2 aliphatic rings. The predicted molar refractivity (Wildman–Crippen MR) is 81.1 cm³/mol. The maximum Gasteiger partial charge on any atom is 0.0409 e. The summed E-state index contributed by atoms with van der Waals surface area (Å²) in [5.74, 6) is 0.757. The molecule has 0 bridgehead atoms. The van der Waals surface area contributed by atoms with E-state index in [0.29, 0.717) is 5.41 Å². The lowest BCUT2D eigenvalue weighted by atomic mass is 9.69. The van der Waals surface area contributed by atoms with E-state index in [4.69, 9.17) is 5.73 Å². The molecule has 0 amide bonds. The third-order valence-corrected chi connectivity index (χ3v) is 5.41. The Bertz CT molecular complexity index is 439. The summed E-state index contributed by atoms with van der Waals surface area (Å²) in [5, 5.41) is 0. The Hall–Kier alpha value is -0.820. The molecule has 0 aromatic heterocycles. The van der Waals surface area contributed by atoms with E-state index >= 15 is 0 Å². The number of hydrogen-bond donors (Lipinski definition) is 1. The number of nitrogens with two attached hydrogens (primary N) is 1. The van der Waals surface area contributed by atoms with Gasteiger partial charge < -0.3 is 5.73 Å². The van der Waals surface area contributed by atoms with E-state index in [2.05, 4.69) is 38.1 Å². The highest BCUT2D eigenvalue weighted by Gasteiger charge is 2.34. The molecule has 2 saturated carbocycles. The van der Waals surface area contributed by atoms with E-state index in [1.165, 1.54) is 43.2 Å². The molecule has 1 unspecified atom stereocenters. The molecular formula is C18H27N. The van der Waals surface area contributed by atoms with Crippen molar-refractivity contribution < 1.29 is 0 Å². The molecule has 1 heteroatoms. The Morgan fingerprint density at radius 1 is 1.00 bits per heavy atom. The van der Waals surface area contributed by atoms with Gasteiger partial charge in [0.25, 0.3) is 0 Å². The Balaban J connectivity index is 1.75. The first kappa shape index (κ1) is 13.2. The Labute approximate surface area is 117 Å². The molecule has 0 spiro atoms. The first-order valence-electron chi connectivity index (χ1n) is 7.88. The van der Waals surface area contributed by atoms with E-state index in [1.807, 2.05) is 0 Å². The molecule has 2 N–H and O–H groups in total. The largest absolute Gasteiger partial charge is 0.321 e. The molecule has 0 heterocycles. The second-order valence-corrected chi connectivity index (χ2v) is 7.59. The molecule has 1 aromatic rings. The standard InChI is InChI=1S/C18H27N/c1-17(2)10-3-5-15(13-17)14-6-8-16(9-7-14)18(19)11-4-12-18/h6-9,15H,3-5,10-13,19H2,1-2H3. The molecule has 3 rings (SSSR count). The summed E-state index contributed by atoms with van der Waals surface area (Å²) in [5.41, 5.74) is 9.78. The predicted octanol–water partition coefficient (Wildman–Crippen LogP) is 4.71. The highest BCUT2D eigenvalue weighted by Crippen LogP contribution is 2.44. The normalized spacial score (nSPS) is 28.7. The summed E-state index contributed by atoms with van der Waals surface area (Å²) in [7, 11) is 0. The topological polar surface area (TPSA) is 26.0 Å². The zero-order valence-electron chi connectivity index (χ0n) is 12.4. The Morgan fingerprint density at radius 2 is 1.68 bits per heavy atom. The van der Waals surface area contributed by atoms with Gasteiger partial charge >= 0.3 is 0 Å². The van der Waals surface area contributed by atoms with Crippen molar-refractivity contribution in [2.24, 2.45) is 11.1 Å². The van der Waals surface area contributed by atoms with Crippen LogP contribution in [0.5, 0.6) is 0 Å². The maximum absolute atomic E-state index is 6.40. The fourth-order valence-electron chi connectivity index (χ4n) is 3.92. The molecule has 19 heavy (non-hydrogen) atoms. The van der Waals surface area contributed by atoms with Crippen LogP contribution in [0.15, 0.2) is 24.3 Å². The second kappa shape index (κ2) is 4.63. The van der Waals surface area contributed by atoms with Crippen LogP contribution < -0.4 is 5.73 Å². The van der Waals surface area contributed by atoms with Crippen LogP contribution in [0.3, 0.4) is 0 Å². The molecule has 2 aliphatic carbocycles. The highest BCUT2D eigenvalue weighted by molar-refractivity contribution is 5.32. The van der Waals surface area contributed by atoms with Crippen LogP contribution in [0, 0.1) is 5.41 Å². The van der Waals surface area contributed by atoms with Gasteiger partial charge in [-0.05, 0) is 61.0 Å². The van der Waals surface area contributed by atoms with Gasteiger partial charge in [-0.2, -0.15) is 0 Å². The van der Waals surface area contributed by atoms with E-state index in [0.717, 1.165) is 18.8 Å². The SMILES string of the molecule is CC1(C)CCCC(c2ccc(C3(N)CCC3)cc2)C1. The summed E-state index contributed by atoms with van der Waals surface area (Å²) in [6.07, 6.45) is 9.05. The summed E-state index contributed by atoms with van der Waals surface area (Å²) in [6.45, 7) is 4.83. The minimum atomic E-state index is -0.00956. The molecule has 0 radical (unpaired) electrons. The van der Waals surface area contributed by atoms with Gasteiger partial charge in [-0.1, -0.05) is 44.5 Å². The van der Waals surface area contributed by atoms with Gasteiger partial charge in [-0.3, -0.25) is 0 Å². The van der Waals surface area contributed by atoms with Gasteiger partial charge in [0.1, 0.15) is 0 Å². The lowest BCUT2D eigenvalue weighted by Gasteiger charge is -2.39. The van der Waals surface area contributed by atoms with Crippen molar-refractivity contribution in [3.05, 3.63) is 35.4 Å². The Kier molecular flexibility index (Phi) is 3.21. The van der Waals surface area contributed by atoms with Gasteiger partial charge in [0, 0.05) is 5.54 Å². The molecule has 1 nitrogen and oxygen atoms in total. The summed E-state index contributed by atoms with van der Waals surface area (Å²) in [6, 6.07) is 9.26. The summed E-state index contributed by atoms with van der Waals surface area (Å²) < 4.78 is 0. The zero-order valence-corrected chi connectivity index (χ0v) is 12.4. The summed E-state index contributed by atoms with van der Waals surface area (Å²) >= 11 is 0.